The molecule has 0 spiro atoms. The number of aromatic nitrogens is 1. The van der Waals surface area contributed by atoms with Crippen LogP contribution in [0.25, 0.3) is 0 Å². The van der Waals surface area contributed by atoms with Crippen molar-refractivity contribution in [1.82, 2.24) is 15.2 Å². The van der Waals surface area contributed by atoms with E-state index in [2.05, 4.69) is 15.2 Å². The molecule has 0 atom stereocenters. The van der Waals surface area contributed by atoms with Gasteiger partial charge < -0.3 is 0 Å². The number of carbonyl (C=O) groups excluding carboxylic acids is 2. The first kappa shape index (κ1) is 25.3. The summed E-state index contributed by atoms with van der Waals surface area (Å²) in [5, 5.41) is 2.93. The number of nitrogens with two attached hydrogens (primary N) is 1. The van der Waals surface area contributed by atoms with Crippen LogP contribution < -0.4 is 16.0 Å². The number of halogens is 5. The number of hydrogen-bond donors (Lipinski definition) is 2. The summed E-state index contributed by atoms with van der Waals surface area (Å²) in [6, 6.07) is 1.09. The SMILES string of the molecule is NC(=O)CC(=O)NC1CCI(CCN2CCN(c3ncc(C(F)(F)F)cc3Cl)CC2)CC1. The summed E-state index contributed by atoms with van der Waals surface area (Å²) in [6.07, 6.45) is -1.92. The number of alkyl halides is 6. The molecule has 1 aromatic heterocycles. The maximum absolute atomic E-state index is 12.8. The second kappa shape index (κ2) is 11.2. The first-order chi connectivity index (χ1) is 15.1. The van der Waals surface area contributed by atoms with Crippen molar-refractivity contribution in [3.05, 3.63) is 22.8 Å². The van der Waals surface area contributed by atoms with Gasteiger partial charge in [-0.15, -0.1) is 0 Å². The number of primary amides is 1. The maximum atomic E-state index is 12.8. The Labute approximate surface area is 197 Å². The quantitative estimate of drug-likeness (QED) is 0.290. The molecule has 0 bridgehead atoms. The van der Waals surface area contributed by atoms with Gasteiger partial charge in [-0.2, -0.15) is 0 Å². The molecule has 3 heterocycles. The Bertz CT molecular complexity index is 813. The van der Waals surface area contributed by atoms with E-state index in [1.165, 1.54) is 13.3 Å². The fourth-order valence-corrected chi connectivity index (χ4v) is 10.4. The minimum absolute atomic E-state index is 0.0290. The van der Waals surface area contributed by atoms with E-state index in [1.807, 2.05) is 4.90 Å². The molecule has 3 N–H and O–H groups in total. The second-order valence-corrected chi connectivity index (χ2v) is 14.9. The van der Waals surface area contributed by atoms with Gasteiger partial charge >= 0.3 is 198 Å². The third kappa shape index (κ3) is 7.34. The fraction of sp³-hybridized carbons (Fsp3) is 0.650. The molecule has 0 aliphatic carbocycles. The molecule has 2 aliphatic rings. The van der Waals surface area contributed by atoms with Crippen molar-refractivity contribution in [3.63, 3.8) is 0 Å². The van der Waals surface area contributed by atoms with Crippen LogP contribution in [-0.2, 0) is 15.8 Å². The number of hydrogen-bond acceptors (Lipinski definition) is 5. The van der Waals surface area contributed by atoms with Gasteiger partial charge in [0.2, 0.25) is 0 Å². The van der Waals surface area contributed by atoms with Crippen molar-refractivity contribution in [1.29, 1.82) is 0 Å². The van der Waals surface area contributed by atoms with Crippen molar-refractivity contribution in [3.8, 4) is 0 Å². The average Bonchev–Trinajstić information content (AvgIpc) is 2.72. The van der Waals surface area contributed by atoms with Gasteiger partial charge in [0.05, 0.1) is 0 Å². The molecule has 12 heteroatoms. The monoisotopic (exact) mass is 589 g/mol. The van der Waals surface area contributed by atoms with Crippen molar-refractivity contribution in [2.45, 2.75) is 31.5 Å². The minimum atomic E-state index is -4.45. The predicted octanol–water partition coefficient (Wildman–Crippen LogP) is 2.54. The third-order valence-electron chi connectivity index (χ3n) is 5.64. The van der Waals surface area contributed by atoms with E-state index in [0.717, 1.165) is 44.7 Å². The van der Waals surface area contributed by atoms with Crippen LogP contribution in [-0.4, -0.2) is 73.7 Å². The molecular formula is C20H28ClF3IN5O2. The van der Waals surface area contributed by atoms with Gasteiger partial charge in [-0.3, -0.25) is 0 Å². The van der Waals surface area contributed by atoms with Crippen LogP contribution in [0.2, 0.25) is 5.02 Å². The molecule has 0 radical (unpaired) electrons. The van der Waals surface area contributed by atoms with Gasteiger partial charge in [0, 0.05) is 0 Å². The zero-order valence-corrected chi connectivity index (χ0v) is 20.5. The molecule has 2 fully saturated rings. The first-order valence-corrected chi connectivity index (χ1v) is 15.4. The van der Waals surface area contributed by atoms with Crippen LogP contribution in [0.5, 0.6) is 0 Å². The molecule has 32 heavy (non-hydrogen) atoms. The number of piperazine rings is 1. The van der Waals surface area contributed by atoms with Crippen LogP contribution in [0.4, 0.5) is 19.0 Å². The molecule has 2 aliphatic heterocycles. The Balaban J connectivity index is 1.37. The molecule has 7 nitrogen and oxygen atoms in total. The summed E-state index contributed by atoms with van der Waals surface area (Å²) >= 11 is 5.04. The predicted molar refractivity (Wildman–Crippen MR) is 126 cm³/mol. The third-order valence-corrected chi connectivity index (χ3v) is 12.2. The Kier molecular flexibility index (Phi) is 8.84. The van der Waals surface area contributed by atoms with Crippen LogP contribution >= 0.6 is 31.4 Å². The van der Waals surface area contributed by atoms with Crippen molar-refractivity contribution >= 4 is 49.1 Å². The topological polar surface area (TPSA) is 91.6 Å². The van der Waals surface area contributed by atoms with E-state index in [-0.39, 0.29) is 23.4 Å². The van der Waals surface area contributed by atoms with Gasteiger partial charge in [-0.25, -0.2) is 0 Å². The fourth-order valence-electron chi connectivity index (χ4n) is 3.82. The molecule has 0 unspecified atom stereocenters. The van der Waals surface area contributed by atoms with Gasteiger partial charge in [0.15, 0.2) is 0 Å². The summed E-state index contributed by atoms with van der Waals surface area (Å²) < 4.78 is 42.0. The Morgan fingerprint density at radius 3 is 2.44 bits per heavy atom. The van der Waals surface area contributed by atoms with Gasteiger partial charge in [-0.1, -0.05) is 0 Å². The zero-order valence-electron chi connectivity index (χ0n) is 17.6. The molecule has 0 aromatic carbocycles. The van der Waals surface area contributed by atoms with Gasteiger partial charge in [0.25, 0.3) is 0 Å². The van der Waals surface area contributed by atoms with Crippen LogP contribution in [0.1, 0.15) is 24.8 Å². The second-order valence-electron chi connectivity index (χ2n) is 7.97. The normalized spacial score (nSPS) is 19.8. The number of carbonyl (C=O) groups is 2. The summed E-state index contributed by atoms with van der Waals surface area (Å²) in [7, 11) is 0. The average molecular weight is 590 g/mol. The number of amides is 2. The number of nitrogens with zero attached hydrogens (tertiary/aromatic N) is 3. The van der Waals surface area contributed by atoms with Crippen LogP contribution in [0.15, 0.2) is 12.3 Å². The molecule has 2 saturated heterocycles. The molecular weight excluding hydrogens is 562 g/mol. The number of nitrogens with one attached hydrogen (secondary N) is 1. The zero-order chi connectivity index (χ0) is 23.3. The van der Waals surface area contributed by atoms with Crippen molar-refractivity contribution in [2.24, 2.45) is 5.73 Å². The number of anilines is 1. The Hall–Kier alpha value is -1.34. The van der Waals surface area contributed by atoms with E-state index in [9.17, 15) is 22.8 Å². The standard InChI is InChI=1S/C20H28ClF3IN5O2/c21-16-11-14(20(22,23)24)13-27-19(16)30-9-7-29(8-10-30)6-5-25-3-1-15(2-4-25)28-18(32)12-17(26)31/h11,13,15H,1-10,12H2,(H2,26,31)(H,28,32). The molecule has 0 saturated carbocycles. The van der Waals surface area contributed by atoms with Crippen LogP contribution in [0, 0.1) is 0 Å². The Morgan fingerprint density at radius 2 is 1.88 bits per heavy atom. The summed E-state index contributed by atoms with van der Waals surface area (Å²) in [4.78, 5) is 30.8. The molecule has 1 aromatic rings. The van der Waals surface area contributed by atoms with E-state index >= 15 is 0 Å². The van der Waals surface area contributed by atoms with Gasteiger partial charge in [0.1, 0.15) is 0 Å². The first-order valence-electron chi connectivity index (χ1n) is 10.5. The summed E-state index contributed by atoms with van der Waals surface area (Å²) in [6.45, 7) is 4.05. The Morgan fingerprint density at radius 1 is 1.22 bits per heavy atom. The van der Waals surface area contributed by atoms with E-state index in [4.69, 9.17) is 17.3 Å². The number of rotatable bonds is 7. The number of pyridine rings is 1. The van der Waals surface area contributed by atoms with Crippen LogP contribution in [0.3, 0.4) is 0 Å². The van der Waals surface area contributed by atoms with E-state index in [0.29, 0.717) is 18.9 Å². The van der Waals surface area contributed by atoms with Crippen molar-refractivity contribution in [2.75, 3.05) is 50.9 Å². The summed E-state index contributed by atoms with van der Waals surface area (Å²) in [5.74, 6) is -0.486. The van der Waals surface area contributed by atoms with Gasteiger partial charge in [-0.05, 0) is 0 Å². The molecule has 180 valence electrons. The molecule has 3 rings (SSSR count). The summed E-state index contributed by atoms with van der Waals surface area (Å²) in [5.41, 5.74) is 4.22. The molecule has 2 amide bonds. The van der Waals surface area contributed by atoms with E-state index < -0.39 is 37.5 Å². The van der Waals surface area contributed by atoms with E-state index in [1.54, 1.807) is 0 Å². The van der Waals surface area contributed by atoms with Crippen molar-refractivity contribution < 1.29 is 22.8 Å².